The lowest BCUT2D eigenvalue weighted by Gasteiger charge is -2.24. The van der Waals surface area contributed by atoms with Gasteiger partial charge in [-0.1, -0.05) is 11.6 Å². The molecule has 6 nitrogen and oxygen atoms in total. The van der Waals surface area contributed by atoms with Crippen LogP contribution in [0.15, 0.2) is 30.6 Å². The van der Waals surface area contributed by atoms with Gasteiger partial charge in [-0.25, -0.2) is 4.98 Å². The molecule has 0 aliphatic carbocycles. The fourth-order valence-electron chi connectivity index (χ4n) is 2.21. The smallest absolute Gasteiger partial charge is 0.276 e. The summed E-state index contributed by atoms with van der Waals surface area (Å²) in [6.45, 7) is 1.25. The number of halogens is 1. The monoisotopic (exact) mass is 304 g/mol. The van der Waals surface area contributed by atoms with Gasteiger partial charge in [0.1, 0.15) is 5.69 Å². The molecule has 0 saturated heterocycles. The number of aromatic nitrogens is 2. The van der Waals surface area contributed by atoms with Crippen molar-refractivity contribution >= 4 is 29.1 Å². The van der Waals surface area contributed by atoms with Gasteiger partial charge in [-0.05, 0) is 24.3 Å². The van der Waals surface area contributed by atoms with Crippen LogP contribution in [0, 0.1) is 0 Å². The minimum absolute atomic E-state index is 0.140. The molecular weight excluding hydrogens is 292 g/mol. The number of carbonyl (C=O) groups is 2. The molecule has 21 heavy (non-hydrogen) atoms. The zero-order chi connectivity index (χ0) is 15.0. The zero-order valence-electron chi connectivity index (χ0n) is 11.3. The molecular formula is C14H13ClN4O2. The van der Waals surface area contributed by atoms with Gasteiger partial charge in [-0.2, -0.15) is 0 Å². The summed E-state index contributed by atoms with van der Waals surface area (Å²) in [6, 6.07) is 6.74. The van der Waals surface area contributed by atoms with Crippen molar-refractivity contribution in [2.45, 2.75) is 6.54 Å². The number of fused-ring (bicyclic) bond motifs is 1. The highest BCUT2D eigenvalue weighted by atomic mass is 35.5. The van der Waals surface area contributed by atoms with Gasteiger partial charge in [0.05, 0.1) is 6.33 Å². The summed E-state index contributed by atoms with van der Waals surface area (Å²) < 4.78 is 1.71. The molecule has 0 fully saturated rings. The summed E-state index contributed by atoms with van der Waals surface area (Å²) in [4.78, 5) is 30.1. The number of imidazole rings is 1. The van der Waals surface area contributed by atoms with Crippen LogP contribution >= 0.6 is 11.6 Å². The first-order chi connectivity index (χ1) is 10.1. The number of amides is 2. The minimum Gasteiger partial charge on any atom is -0.339 e. The van der Waals surface area contributed by atoms with Gasteiger partial charge in [-0.15, -0.1) is 0 Å². The molecule has 0 radical (unpaired) electrons. The largest absolute Gasteiger partial charge is 0.339 e. The maximum Gasteiger partial charge on any atom is 0.276 e. The van der Waals surface area contributed by atoms with Gasteiger partial charge < -0.3 is 14.8 Å². The predicted octanol–water partition coefficient (Wildman–Crippen LogP) is 1.87. The van der Waals surface area contributed by atoms with E-state index in [2.05, 4.69) is 10.3 Å². The van der Waals surface area contributed by atoms with E-state index in [1.165, 1.54) is 6.33 Å². The van der Waals surface area contributed by atoms with Crippen LogP contribution in [0.25, 0.3) is 0 Å². The highest BCUT2D eigenvalue weighted by Crippen LogP contribution is 2.18. The Morgan fingerprint density at radius 3 is 2.71 bits per heavy atom. The first-order valence-corrected chi connectivity index (χ1v) is 6.81. The van der Waals surface area contributed by atoms with Crippen molar-refractivity contribution < 1.29 is 9.59 Å². The fraction of sp³-hybridized carbons (Fsp3) is 0.214. The maximum absolute atomic E-state index is 12.3. The van der Waals surface area contributed by atoms with Crippen LogP contribution in [-0.4, -0.2) is 39.9 Å². The topological polar surface area (TPSA) is 67.2 Å². The first-order valence-electron chi connectivity index (χ1n) is 6.44. The number of benzene rings is 1. The lowest BCUT2D eigenvalue weighted by Crippen LogP contribution is -2.38. The SMILES string of the molecule is CN1CCn2cnc(C(=O)Nc3ccc(Cl)cc3)c2C1=O. The van der Waals surface area contributed by atoms with Crippen LogP contribution in [-0.2, 0) is 6.54 Å². The molecule has 3 rings (SSSR count). The van der Waals surface area contributed by atoms with Crippen LogP contribution in [0.4, 0.5) is 5.69 Å². The number of hydrogen-bond acceptors (Lipinski definition) is 3. The average Bonchev–Trinajstić information content (AvgIpc) is 2.90. The molecule has 1 aromatic heterocycles. The molecule has 2 amide bonds. The van der Waals surface area contributed by atoms with Gasteiger partial charge in [0.15, 0.2) is 5.69 Å². The Morgan fingerprint density at radius 1 is 1.29 bits per heavy atom. The van der Waals surface area contributed by atoms with Crippen molar-refractivity contribution in [2.75, 3.05) is 18.9 Å². The van der Waals surface area contributed by atoms with Gasteiger partial charge in [0.25, 0.3) is 11.8 Å². The quantitative estimate of drug-likeness (QED) is 0.921. The van der Waals surface area contributed by atoms with Crippen molar-refractivity contribution in [1.29, 1.82) is 0 Å². The summed E-state index contributed by atoms with van der Waals surface area (Å²) in [7, 11) is 1.71. The third-order valence-electron chi connectivity index (χ3n) is 3.38. The Kier molecular flexibility index (Phi) is 3.39. The number of likely N-dealkylation sites (N-methyl/N-ethyl adjacent to an activating group) is 1. The highest BCUT2D eigenvalue weighted by molar-refractivity contribution is 6.30. The highest BCUT2D eigenvalue weighted by Gasteiger charge is 2.29. The second-order valence-electron chi connectivity index (χ2n) is 4.82. The minimum atomic E-state index is -0.408. The molecule has 1 aliphatic heterocycles. The Morgan fingerprint density at radius 2 is 2.00 bits per heavy atom. The average molecular weight is 305 g/mol. The molecule has 0 saturated carbocycles. The van der Waals surface area contributed by atoms with Crippen molar-refractivity contribution in [2.24, 2.45) is 0 Å². The molecule has 0 bridgehead atoms. The molecule has 2 heterocycles. The third-order valence-corrected chi connectivity index (χ3v) is 3.63. The van der Waals surface area contributed by atoms with E-state index in [4.69, 9.17) is 11.6 Å². The summed E-state index contributed by atoms with van der Waals surface area (Å²) in [5, 5.41) is 3.30. The number of hydrogen-bond donors (Lipinski definition) is 1. The Labute approximate surface area is 126 Å². The molecule has 7 heteroatoms. The zero-order valence-corrected chi connectivity index (χ0v) is 12.1. The van der Waals surface area contributed by atoms with Crippen molar-refractivity contribution in [1.82, 2.24) is 14.5 Å². The van der Waals surface area contributed by atoms with Gasteiger partial charge in [0.2, 0.25) is 0 Å². The number of anilines is 1. The van der Waals surface area contributed by atoms with E-state index in [9.17, 15) is 9.59 Å². The van der Waals surface area contributed by atoms with Crippen molar-refractivity contribution in [3.8, 4) is 0 Å². The Hall–Kier alpha value is -2.34. The van der Waals surface area contributed by atoms with Crippen LogP contribution in [0.3, 0.4) is 0 Å². The number of nitrogens with one attached hydrogen (secondary N) is 1. The van der Waals surface area contributed by atoms with Crippen LogP contribution < -0.4 is 5.32 Å². The normalized spacial score (nSPS) is 14.0. The van der Waals surface area contributed by atoms with E-state index in [1.807, 2.05) is 0 Å². The molecule has 1 N–H and O–H groups in total. The van der Waals surface area contributed by atoms with E-state index in [0.717, 1.165) is 0 Å². The lowest BCUT2D eigenvalue weighted by atomic mass is 10.2. The number of rotatable bonds is 2. The summed E-state index contributed by atoms with van der Waals surface area (Å²) in [6.07, 6.45) is 1.52. The Bertz CT molecular complexity index is 708. The lowest BCUT2D eigenvalue weighted by molar-refractivity contribution is 0.0744. The van der Waals surface area contributed by atoms with Crippen LogP contribution in [0.1, 0.15) is 21.0 Å². The van der Waals surface area contributed by atoms with Crippen molar-refractivity contribution in [3.63, 3.8) is 0 Å². The third kappa shape index (κ3) is 2.50. The van der Waals surface area contributed by atoms with E-state index >= 15 is 0 Å². The maximum atomic E-state index is 12.3. The van der Waals surface area contributed by atoms with Gasteiger partial charge >= 0.3 is 0 Å². The van der Waals surface area contributed by atoms with E-state index in [0.29, 0.717) is 29.5 Å². The molecule has 0 spiro atoms. The molecule has 0 unspecified atom stereocenters. The standard InChI is InChI=1S/C14H13ClN4O2/c1-18-6-7-19-8-16-11(12(19)14(18)21)13(20)17-10-4-2-9(15)3-5-10/h2-5,8H,6-7H2,1H3,(H,17,20). The predicted molar refractivity (Wildman–Crippen MR) is 78.6 cm³/mol. The second kappa shape index (κ2) is 5.21. The van der Waals surface area contributed by atoms with Gasteiger partial charge in [0, 0.05) is 30.8 Å². The molecule has 0 atom stereocenters. The van der Waals surface area contributed by atoms with Crippen LogP contribution in [0.5, 0.6) is 0 Å². The summed E-state index contributed by atoms with van der Waals surface area (Å²) >= 11 is 5.80. The van der Waals surface area contributed by atoms with Crippen LogP contribution in [0.2, 0.25) is 5.02 Å². The summed E-state index contributed by atoms with van der Waals surface area (Å²) in [5.41, 5.74) is 1.07. The fourth-order valence-corrected chi connectivity index (χ4v) is 2.33. The summed E-state index contributed by atoms with van der Waals surface area (Å²) in [5.74, 6) is -0.602. The molecule has 2 aromatic rings. The van der Waals surface area contributed by atoms with E-state index < -0.39 is 5.91 Å². The van der Waals surface area contributed by atoms with Gasteiger partial charge in [-0.3, -0.25) is 9.59 Å². The molecule has 1 aliphatic rings. The number of carbonyl (C=O) groups excluding carboxylic acids is 2. The first kappa shape index (κ1) is 13.6. The number of nitrogens with zero attached hydrogens (tertiary/aromatic N) is 3. The van der Waals surface area contributed by atoms with E-state index in [1.54, 1.807) is 40.8 Å². The Balaban J connectivity index is 1.88. The second-order valence-corrected chi connectivity index (χ2v) is 5.26. The van der Waals surface area contributed by atoms with Crippen molar-refractivity contribution in [3.05, 3.63) is 47.0 Å². The molecule has 1 aromatic carbocycles. The van der Waals surface area contributed by atoms with E-state index in [-0.39, 0.29) is 11.6 Å². The molecule has 108 valence electrons.